The molecular formula is C15H14BrN3. The zero-order valence-corrected chi connectivity index (χ0v) is 12.4. The summed E-state index contributed by atoms with van der Waals surface area (Å²) in [5.74, 6) is 0.943. The minimum Gasteiger partial charge on any atom is -0.399 e. The Morgan fingerprint density at radius 2 is 1.95 bits per heavy atom. The molecule has 0 aliphatic carbocycles. The van der Waals surface area contributed by atoms with Crippen molar-refractivity contribution in [1.82, 2.24) is 9.55 Å². The van der Waals surface area contributed by atoms with Crippen LogP contribution in [0.5, 0.6) is 0 Å². The van der Waals surface area contributed by atoms with E-state index in [1.807, 2.05) is 37.4 Å². The Hall–Kier alpha value is -1.81. The molecule has 1 aromatic heterocycles. The van der Waals surface area contributed by atoms with Crippen molar-refractivity contribution in [3.05, 3.63) is 46.4 Å². The highest BCUT2D eigenvalue weighted by molar-refractivity contribution is 9.10. The van der Waals surface area contributed by atoms with Crippen molar-refractivity contribution in [2.75, 3.05) is 5.73 Å². The predicted molar refractivity (Wildman–Crippen MR) is 83.0 cm³/mol. The summed E-state index contributed by atoms with van der Waals surface area (Å²) in [5.41, 5.74) is 11.0. The van der Waals surface area contributed by atoms with Crippen molar-refractivity contribution < 1.29 is 0 Å². The van der Waals surface area contributed by atoms with Gasteiger partial charge in [-0.1, -0.05) is 22.0 Å². The number of hydrogen-bond acceptors (Lipinski definition) is 2. The number of benzene rings is 2. The standard InChI is InChI=1S/C15H14BrN3/c1-9-3-5-11(17)8-12(9)15-18-13-7-10(16)4-6-14(13)19(15)2/h3-8H,17H2,1-2H3. The third-order valence-electron chi connectivity index (χ3n) is 3.35. The average Bonchev–Trinajstić information content (AvgIpc) is 2.69. The topological polar surface area (TPSA) is 43.8 Å². The lowest BCUT2D eigenvalue weighted by Gasteiger charge is -2.07. The van der Waals surface area contributed by atoms with Gasteiger partial charge in [0.1, 0.15) is 5.82 Å². The number of hydrogen-bond donors (Lipinski definition) is 1. The van der Waals surface area contributed by atoms with Crippen molar-refractivity contribution in [3.63, 3.8) is 0 Å². The summed E-state index contributed by atoms with van der Waals surface area (Å²) in [6.45, 7) is 2.07. The largest absolute Gasteiger partial charge is 0.399 e. The molecule has 96 valence electrons. The number of imidazole rings is 1. The summed E-state index contributed by atoms with van der Waals surface area (Å²) < 4.78 is 3.14. The second-order valence-corrected chi connectivity index (χ2v) is 5.62. The molecule has 0 saturated heterocycles. The van der Waals surface area contributed by atoms with E-state index in [1.165, 1.54) is 5.56 Å². The molecule has 0 atom stereocenters. The monoisotopic (exact) mass is 315 g/mol. The summed E-state index contributed by atoms with van der Waals surface area (Å²) in [4.78, 5) is 4.72. The molecule has 4 heteroatoms. The fourth-order valence-corrected chi connectivity index (χ4v) is 2.64. The first kappa shape index (κ1) is 12.2. The first-order valence-corrected chi connectivity index (χ1v) is 6.84. The normalized spacial score (nSPS) is 11.1. The average molecular weight is 316 g/mol. The summed E-state index contributed by atoms with van der Waals surface area (Å²) in [5, 5.41) is 0. The van der Waals surface area contributed by atoms with Gasteiger partial charge < -0.3 is 10.3 Å². The number of nitrogens with zero attached hydrogens (tertiary/aromatic N) is 2. The zero-order chi connectivity index (χ0) is 13.6. The molecule has 19 heavy (non-hydrogen) atoms. The van der Waals surface area contributed by atoms with Crippen molar-refractivity contribution >= 4 is 32.7 Å². The molecule has 3 aromatic rings. The number of halogens is 1. The van der Waals surface area contributed by atoms with E-state index in [0.29, 0.717) is 0 Å². The van der Waals surface area contributed by atoms with Crippen molar-refractivity contribution in [2.24, 2.45) is 7.05 Å². The van der Waals surface area contributed by atoms with E-state index in [4.69, 9.17) is 10.7 Å². The number of rotatable bonds is 1. The fourth-order valence-electron chi connectivity index (χ4n) is 2.29. The van der Waals surface area contributed by atoms with Crippen molar-refractivity contribution in [1.29, 1.82) is 0 Å². The highest BCUT2D eigenvalue weighted by Gasteiger charge is 2.12. The molecule has 0 unspecified atom stereocenters. The van der Waals surface area contributed by atoms with Crippen LogP contribution in [0, 0.1) is 6.92 Å². The number of nitrogen functional groups attached to an aromatic ring is 1. The lowest BCUT2D eigenvalue weighted by Crippen LogP contribution is -1.96. The number of fused-ring (bicyclic) bond motifs is 1. The van der Waals surface area contributed by atoms with Gasteiger partial charge in [0.15, 0.2) is 0 Å². The molecule has 0 aliphatic heterocycles. The van der Waals surface area contributed by atoms with E-state index in [1.54, 1.807) is 0 Å². The number of aryl methyl sites for hydroxylation is 2. The molecule has 0 spiro atoms. The molecule has 0 aliphatic rings. The quantitative estimate of drug-likeness (QED) is 0.692. The third kappa shape index (κ3) is 2.02. The van der Waals surface area contributed by atoms with E-state index >= 15 is 0 Å². The van der Waals surface area contributed by atoms with E-state index in [0.717, 1.165) is 32.6 Å². The van der Waals surface area contributed by atoms with Gasteiger partial charge in [0.2, 0.25) is 0 Å². The van der Waals surface area contributed by atoms with Crippen LogP contribution in [0.25, 0.3) is 22.4 Å². The molecule has 0 bridgehead atoms. The summed E-state index contributed by atoms with van der Waals surface area (Å²) >= 11 is 3.48. The molecule has 0 fully saturated rings. The lowest BCUT2D eigenvalue weighted by atomic mass is 10.1. The van der Waals surface area contributed by atoms with Crippen molar-refractivity contribution in [2.45, 2.75) is 6.92 Å². The minimum atomic E-state index is 0.758. The van der Waals surface area contributed by atoms with Gasteiger partial charge in [-0.15, -0.1) is 0 Å². The lowest BCUT2D eigenvalue weighted by molar-refractivity contribution is 0.957. The second-order valence-electron chi connectivity index (χ2n) is 4.70. The Balaban J connectivity index is 2.30. The Bertz CT molecular complexity index is 774. The first-order valence-electron chi connectivity index (χ1n) is 6.05. The van der Waals surface area contributed by atoms with Crippen LogP contribution in [0.4, 0.5) is 5.69 Å². The number of anilines is 1. The second kappa shape index (κ2) is 4.38. The molecular weight excluding hydrogens is 302 g/mol. The van der Waals surface area contributed by atoms with Gasteiger partial charge in [-0.25, -0.2) is 4.98 Å². The summed E-state index contributed by atoms with van der Waals surface area (Å²) in [6.07, 6.45) is 0. The van der Waals surface area contributed by atoms with Crippen LogP contribution in [-0.2, 0) is 7.05 Å². The van der Waals surface area contributed by atoms with Gasteiger partial charge in [0, 0.05) is 22.8 Å². The summed E-state index contributed by atoms with van der Waals surface area (Å²) in [6, 6.07) is 12.0. The predicted octanol–water partition coefficient (Wildman–Crippen LogP) is 3.89. The molecule has 2 aromatic carbocycles. The molecule has 0 saturated carbocycles. The third-order valence-corrected chi connectivity index (χ3v) is 3.84. The highest BCUT2D eigenvalue weighted by Crippen LogP contribution is 2.29. The van der Waals surface area contributed by atoms with E-state index in [9.17, 15) is 0 Å². The van der Waals surface area contributed by atoms with Gasteiger partial charge in [-0.2, -0.15) is 0 Å². The maximum absolute atomic E-state index is 5.89. The van der Waals surface area contributed by atoms with Gasteiger partial charge in [0.05, 0.1) is 11.0 Å². The van der Waals surface area contributed by atoms with Gasteiger partial charge in [0.25, 0.3) is 0 Å². The van der Waals surface area contributed by atoms with E-state index in [2.05, 4.69) is 33.5 Å². The first-order chi connectivity index (χ1) is 9.06. The van der Waals surface area contributed by atoms with Crippen LogP contribution in [0.1, 0.15) is 5.56 Å². The van der Waals surface area contributed by atoms with Crippen LogP contribution in [0.2, 0.25) is 0 Å². The molecule has 1 heterocycles. The van der Waals surface area contributed by atoms with E-state index in [-0.39, 0.29) is 0 Å². The maximum atomic E-state index is 5.89. The Morgan fingerprint density at radius 1 is 1.16 bits per heavy atom. The van der Waals surface area contributed by atoms with Crippen LogP contribution in [0.3, 0.4) is 0 Å². The SMILES string of the molecule is Cc1ccc(N)cc1-c1nc2cc(Br)ccc2n1C. The van der Waals surface area contributed by atoms with Gasteiger partial charge >= 0.3 is 0 Å². The van der Waals surface area contributed by atoms with Crippen LogP contribution in [0.15, 0.2) is 40.9 Å². The number of nitrogens with two attached hydrogens (primary N) is 1. The molecule has 2 N–H and O–H groups in total. The van der Waals surface area contributed by atoms with Crippen LogP contribution < -0.4 is 5.73 Å². The van der Waals surface area contributed by atoms with Crippen LogP contribution in [-0.4, -0.2) is 9.55 Å². The zero-order valence-electron chi connectivity index (χ0n) is 10.8. The molecule has 0 radical (unpaired) electrons. The molecule has 3 nitrogen and oxygen atoms in total. The Labute approximate surface area is 120 Å². The number of aromatic nitrogens is 2. The van der Waals surface area contributed by atoms with Crippen LogP contribution >= 0.6 is 15.9 Å². The van der Waals surface area contributed by atoms with E-state index < -0.39 is 0 Å². The fraction of sp³-hybridized carbons (Fsp3) is 0.133. The summed E-state index contributed by atoms with van der Waals surface area (Å²) in [7, 11) is 2.03. The Kier molecular flexibility index (Phi) is 2.82. The molecule has 3 rings (SSSR count). The Morgan fingerprint density at radius 3 is 2.74 bits per heavy atom. The highest BCUT2D eigenvalue weighted by atomic mass is 79.9. The minimum absolute atomic E-state index is 0.758. The maximum Gasteiger partial charge on any atom is 0.141 e. The smallest absolute Gasteiger partial charge is 0.141 e. The van der Waals surface area contributed by atoms with Gasteiger partial charge in [-0.05, 0) is 42.8 Å². The van der Waals surface area contributed by atoms with Crippen molar-refractivity contribution in [3.8, 4) is 11.4 Å². The van der Waals surface area contributed by atoms with Gasteiger partial charge in [-0.3, -0.25) is 0 Å². The molecule has 0 amide bonds.